The normalized spacial score (nSPS) is 11.0. The predicted molar refractivity (Wildman–Crippen MR) is 109 cm³/mol. The molecule has 0 bridgehead atoms. The van der Waals surface area contributed by atoms with Crippen molar-refractivity contribution in [2.75, 3.05) is 0 Å². The van der Waals surface area contributed by atoms with Gasteiger partial charge in [0.05, 0.1) is 18.1 Å². The fraction of sp³-hybridized carbons (Fsp3) is 0.0909. The molecular weight excluding hydrogens is 388 g/mol. The van der Waals surface area contributed by atoms with Crippen LogP contribution in [-0.2, 0) is 17.2 Å². The summed E-state index contributed by atoms with van der Waals surface area (Å²) < 4.78 is 35.4. The highest BCUT2D eigenvalue weighted by molar-refractivity contribution is 7.85. The van der Waals surface area contributed by atoms with Crippen molar-refractivity contribution in [3.05, 3.63) is 90.3 Å². The quantitative estimate of drug-likeness (QED) is 0.296. The molecule has 4 aromatic rings. The second-order valence-electron chi connectivity index (χ2n) is 6.55. The zero-order valence-corrected chi connectivity index (χ0v) is 16.8. The van der Waals surface area contributed by atoms with E-state index in [0.717, 1.165) is 28.8 Å². The fourth-order valence-corrected chi connectivity index (χ4v) is 3.36. The Labute approximate surface area is 169 Å². The molecule has 2 heterocycles. The molecule has 7 heteroatoms. The predicted octanol–water partition coefficient (Wildman–Crippen LogP) is 3.14. The van der Waals surface area contributed by atoms with Crippen molar-refractivity contribution in [3.63, 3.8) is 0 Å². The minimum absolute atomic E-state index is 0.178. The molecule has 0 spiro atoms. The molecular formula is C22H20N2O4S. The second-order valence-corrected chi connectivity index (χ2v) is 7.93. The van der Waals surface area contributed by atoms with Gasteiger partial charge in [0.2, 0.25) is 0 Å². The smallest absolute Gasteiger partial charge is 0.286 e. The number of benzene rings is 2. The number of pyridine rings is 1. The Morgan fingerprint density at radius 2 is 1.62 bits per heavy atom. The van der Waals surface area contributed by atoms with Crippen LogP contribution in [0.1, 0.15) is 15.9 Å². The Hall–Kier alpha value is -3.29. The van der Waals surface area contributed by atoms with Crippen molar-refractivity contribution in [1.29, 1.82) is 0 Å². The van der Waals surface area contributed by atoms with Crippen LogP contribution in [0.25, 0.3) is 16.9 Å². The van der Waals surface area contributed by atoms with Crippen LogP contribution in [0.2, 0.25) is 0 Å². The lowest BCUT2D eigenvalue weighted by Gasteiger charge is -2.05. The van der Waals surface area contributed by atoms with Crippen LogP contribution in [0.15, 0.2) is 84.0 Å². The summed E-state index contributed by atoms with van der Waals surface area (Å²) in [5.74, 6) is 0. The van der Waals surface area contributed by atoms with Gasteiger partial charge in [-0.2, -0.15) is 0 Å². The number of aryl methyl sites for hydroxylation is 2. The van der Waals surface area contributed by atoms with Gasteiger partial charge in [0.25, 0.3) is 5.65 Å². The first kappa shape index (κ1) is 20.4. The van der Waals surface area contributed by atoms with Gasteiger partial charge in [-0.05, 0) is 37.3 Å². The van der Waals surface area contributed by atoms with E-state index in [0.29, 0.717) is 5.56 Å². The number of aldehydes is 1. The zero-order chi connectivity index (χ0) is 21.0. The van der Waals surface area contributed by atoms with Gasteiger partial charge in [-0.25, -0.2) is 17.4 Å². The Balaban J connectivity index is 0.000000188. The molecule has 0 saturated heterocycles. The number of nitrogens with zero attached hydrogens (tertiary/aromatic N) is 2. The number of aromatic nitrogens is 2. The summed E-state index contributed by atoms with van der Waals surface area (Å²) in [5, 5.41) is 0. The molecule has 0 fully saturated rings. The summed E-state index contributed by atoms with van der Waals surface area (Å²) in [7, 11) is -2.23. The van der Waals surface area contributed by atoms with Gasteiger partial charge in [0.1, 0.15) is 22.6 Å². The van der Waals surface area contributed by atoms with Crippen LogP contribution >= 0.6 is 0 Å². The van der Waals surface area contributed by atoms with E-state index in [1.54, 1.807) is 12.1 Å². The van der Waals surface area contributed by atoms with E-state index in [1.807, 2.05) is 56.6 Å². The summed E-state index contributed by atoms with van der Waals surface area (Å²) in [5.41, 5.74) is 4.99. The Bertz CT molecular complexity index is 1240. The van der Waals surface area contributed by atoms with E-state index in [2.05, 4.69) is 21.2 Å². The van der Waals surface area contributed by atoms with Crippen LogP contribution in [0, 0.1) is 6.92 Å². The Morgan fingerprint density at radius 3 is 2.17 bits per heavy atom. The highest BCUT2D eigenvalue weighted by atomic mass is 32.2. The summed E-state index contributed by atoms with van der Waals surface area (Å²) >= 11 is 0. The zero-order valence-electron chi connectivity index (χ0n) is 16.0. The molecule has 0 aliphatic carbocycles. The average Bonchev–Trinajstić information content (AvgIpc) is 3.05. The summed E-state index contributed by atoms with van der Waals surface area (Å²) in [6.45, 7) is 1.82. The maximum atomic E-state index is 10.7. The van der Waals surface area contributed by atoms with Crippen molar-refractivity contribution < 1.29 is 22.2 Å². The molecule has 0 atom stereocenters. The van der Waals surface area contributed by atoms with Crippen molar-refractivity contribution in [1.82, 2.24) is 4.57 Å². The van der Waals surface area contributed by atoms with Gasteiger partial charge in [-0.1, -0.05) is 35.9 Å². The Morgan fingerprint density at radius 1 is 0.966 bits per heavy atom. The maximum absolute atomic E-state index is 10.7. The van der Waals surface area contributed by atoms with Gasteiger partial charge >= 0.3 is 0 Å². The lowest BCUT2D eigenvalue weighted by Crippen LogP contribution is -2.17. The summed E-state index contributed by atoms with van der Waals surface area (Å²) in [6.07, 6.45) is 4.98. The molecule has 0 aliphatic rings. The third kappa shape index (κ3) is 4.77. The number of hydrogen-bond donors (Lipinski definition) is 0. The number of imidazole rings is 1. The fourth-order valence-electron chi connectivity index (χ4n) is 2.89. The molecule has 29 heavy (non-hydrogen) atoms. The number of hydrogen-bond acceptors (Lipinski definition) is 4. The lowest BCUT2D eigenvalue weighted by molar-refractivity contribution is -0.510. The SMILES string of the molecule is Cc1ccc(S(=O)(=O)[O-])cc1.Cn1c(-c2ccc(C=O)cc2)c[n+]2ccccc12. The van der Waals surface area contributed by atoms with E-state index >= 15 is 0 Å². The number of carbonyl (C=O) groups is 1. The Kier molecular flexibility index (Phi) is 5.91. The van der Waals surface area contributed by atoms with Crippen LogP contribution < -0.4 is 4.40 Å². The molecule has 2 aromatic heterocycles. The number of carbonyl (C=O) groups excluding carboxylic acids is 1. The molecule has 0 radical (unpaired) electrons. The van der Waals surface area contributed by atoms with Crippen LogP contribution in [0.4, 0.5) is 0 Å². The first-order valence-electron chi connectivity index (χ1n) is 8.83. The monoisotopic (exact) mass is 408 g/mol. The van der Waals surface area contributed by atoms with Crippen LogP contribution in [-0.4, -0.2) is 23.8 Å². The molecule has 6 nitrogen and oxygen atoms in total. The van der Waals surface area contributed by atoms with Gasteiger partial charge in [-0.15, -0.1) is 0 Å². The molecule has 4 rings (SSSR count). The highest BCUT2D eigenvalue weighted by Crippen LogP contribution is 2.19. The molecule has 0 N–H and O–H groups in total. The van der Waals surface area contributed by atoms with Gasteiger partial charge in [0.15, 0.2) is 5.69 Å². The lowest BCUT2D eigenvalue weighted by atomic mass is 10.1. The summed E-state index contributed by atoms with van der Waals surface area (Å²) in [4.78, 5) is 10.5. The number of fused-ring (bicyclic) bond motifs is 1. The van der Waals surface area contributed by atoms with Crippen molar-refractivity contribution in [2.45, 2.75) is 11.8 Å². The van der Waals surface area contributed by atoms with E-state index in [1.165, 1.54) is 12.1 Å². The topological polar surface area (TPSA) is 83.3 Å². The van der Waals surface area contributed by atoms with Gasteiger partial charge in [0, 0.05) is 17.2 Å². The van der Waals surface area contributed by atoms with Crippen LogP contribution in [0.5, 0.6) is 0 Å². The third-order valence-corrected chi connectivity index (χ3v) is 5.34. The number of rotatable bonds is 3. The minimum atomic E-state index is -4.27. The second kappa shape index (κ2) is 8.38. The largest absolute Gasteiger partial charge is 0.744 e. The summed E-state index contributed by atoms with van der Waals surface area (Å²) in [6, 6.07) is 19.5. The van der Waals surface area contributed by atoms with E-state index in [-0.39, 0.29) is 4.90 Å². The van der Waals surface area contributed by atoms with Crippen LogP contribution in [0.3, 0.4) is 0 Å². The molecule has 0 unspecified atom stereocenters. The third-order valence-electron chi connectivity index (χ3n) is 4.49. The highest BCUT2D eigenvalue weighted by Gasteiger charge is 2.14. The average molecular weight is 408 g/mol. The first-order chi connectivity index (χ1) is 13.8. The standard InChI is InChI=1S/C15H13N2O.C7H8O3S/c1-16-14(10-17-9-3-2-4-15(16)17)13-7-5-12(11-18)6-8-13;1-6-2-4-7(5-3-6)11(8,9)10/h2-11H,1H3;2-5H,1H3,(H,8,9,10)/q+1;/p-1. The maximum Gasteiger partial charge on any atom is 0.286 e. The first-order valence-corrected chi connectivity index (χ1v) is 10.2. The van der Waals surface area contributed by atoms with E-state index in [9.17, 15) is 17.8 Å². The molecule has 0 saturated carbocycles. The molecule has 148 valence electrons. The molecule has 0 amide bonds. The van der Waals surface area contributed by atoms with E-state index < -0.39 is 10.1 Å². The molecule has 2 aromatic carbocycles. The molecule has 0 aliphatic heterocycles. The van der Waals surface area contributed by atoms with E-state index in [4.69, 9.17) is 0 Å². The van der Waals surface area contributed by atoms with Crippen molar-refractivity contribution in [3.8, 4) is 11.3 Å². The van der Waals surface area contributed by atoms with Gasteiger partial charge < -0.3 is 4.55 Å². The van der Waals surface area contributed by atoms with Gasteiger partial charge in [-0.3, -0.25) is 4.79 Å². The van der Waals surface area contributed by atoms with Crippen molar-refractivity contribution >= 4 is 22.1 Å². The minimum Gasteiger partial charge on any atom is -0.744 e. The van der Waals surface area contributed by atoms with Crippen molar-refractivity contribution in [2.24, 2.45) is 7.05 Å².